The van der Waals surface area contributed by atoms with Crippen LogP contribution in [0.2, 0.25) is 0 Å². The highest BCUT2D eigenvalue weighted by Gasteiger charge is 2.12. The van der Waals surface area contributed by atoms with Crippen molar-refractivity contribution < 1.29 is 14.7 Å². The van der Waals surface area contributed by atoms with Crippen molar-refractivity contribution in [2.24, 2.45) is 5.90 Å². The Kier molecular flexibility index (Phi) is 3.62. The zero-order valence-electron chi connectivity index (χ0n) is 7.93. The summed E-state index contributed by atoms with van der Waals surface area (Å²) in [5.41, 5.74) is 1.70. The van der Waals surface area contributed by atoms with E-state index in [1.54, 1.807) is 19.1 Å². The van der Waals surface area contributed by atoms with Gasteiger partial charge in [-0.05, 0) is 18.1 Å². The van der Waals surface area contributed by atoms with Gasteiger partial charge in [-0.15, -0.1) is 0 Å². The minimum Gasteiger partial charge on any atom is -0.481 e. The standard InChI is InChI=1S/C10H13NO3/c1-7(10(12)13)9-4-2-8(3-5-9)6-14-11/h2-5,7H,6,11H2,1H3,(H,12,13). The molecule has 0 bridgehead atoms. The largest absolute Gasteiger partial charge is 0.481 e. The number of carboxylic acids is 1. The normalized spacial score (nSPS) is 12.4. The zero-order chi connectivity index (χ0) is 10.6. The molecule has 0 aliphatic carbocycles. The molecular weight excluding hydrogens is 182 g/mol. The van der Waals surface area contributed by atoms with Gasteiger partial charge in [0.15, 0.2) is 0 Å². The van der Waals surface area contributed by atoms with Gasteiger partial charge in [-0.1, -0.05) is 24.3 Å². The summed E-state index contributed by atoms with van der Waals surface area (Å²) in [5.74, 6) is 3.60. The molecular formula is C10H13NO3. The van der Waals surface area contributed by atoms with E-state index in [-0.39, 0.29) is 0 Å². The van der Waals surface area contributed by atoms with Gasteiger partial charge < -0.3 is 5.11 Å². The average molecular weight is 195 g/mol. The van der Waals surface area contributed by atoms with E-state index in [1.807, 2.05) is 12.1 Å². The fourth-order valence-corrected chi connectivity index (χ4v) is 1.14. The molecule has 0 saturated carbocycles. The van der Waals surface area contributed by atoms with E-state index in [9.17, 15) is 4.79 Å². The highest BCUT2D eigenvalue weighted by molar-refractivity contribution is 5.75. The van der Waals surface area contributed by atoms with Gasteiger partial charge in [0, 0.05) is 0 Å². The van der Waals surface area contributed by atoms with Crippen LogP contribution in [0, 0.1) is 0 Å². The molecule has 0 saturated heterocycles. The maximum absolute atomic E-state index is 10.7. The predicted molar refractivity (Wildman–Crippen MR) is 51.5 cm³/mol. The molecule has 0 heterocycles. The van der Waals surface area contributed by atoms with Gasteiger partial charge in [-0.2, -0.15) is 0 Å². The Morgan fingerprint density at radius 1 is 1.50 bits per heavy atom. The van der Waals surface area contributed by atoms with Gasteiger partial charge in [0.25, 0.3) is 0 Å². The third-order valence-corrected chi connectivity index (χ3v) is 2.10. The first kappa shape index (κ1) is 10.7. The van der Waals surface area contributed by atoms with Gasteiger partial charge in [-0.25, -0.2) is 5.90 Å². The second-order valence-corrected chi connectivity index (χ2v) is 3.11. The van der Waals surface area contributed by atoms with Crippen LogP contribution in [0.5, 0.6) is 0 Å². The molecule has 0 aromatic heterocycles. The summed E-state index contributed by atoms with van der Waals surface area (Å²) in [5, 5.41) is 8.76. The van der Waals surface area contributed by atoms with Crippen LogP contribution in [0.15, 0.2) is 24.3 Å². The summed E-state index contributed by atoms with van der Waals surface area (Å²) in [6, 6.07) is 7.16. The van der Waals surface area contributed by atoms with Crippen molar-refractivity contribution in [3.8, 4) is 0 Å². The van der Waals surface area contributed by atoms with Crippen molar-refractivity contribution in [3.05, 3.63) is 35.4 Å². The van der Waals surface area contributed by atoms with Crippen LogP contribution in [-0.2, 0) is 16.2 Å². The maximum Gasteiger partial charge on any atom is 0.310 e. The van der Waals surface area contributed by atoms with Crippen LogP contribution in [-0.4, -0.2) is 11.1 Å². The summed E-state index contributed by atoms with van der Waals surface area (Å²) in [7, 11) is 0. The smallest absolute Gasteiger partial charge is 0.310 e. The molecule has 1 aromatic rings. The number of carboxylic acid groups (broad SMARTS) is 1. The highest BCUT2D eigenvalue weighted by atomic mass is 16.6. The van der Waals surface area contributed by atoms with E-state index in [1.165, 1.54) is 0 Å². The fourth-order valence-electron chi connectivity index (χ4n) is 1.14. The quantitative estimate of drug-likeness (QED) is 0.709. The van der Waals surface area contributed by atoms with Crippen molar-refractivity contribution >= 4 is 5.97 Å². The number of hydrogen-bond donors (Lipinski definition) is 2. The number of hydrogen-bond acceptors (Lipinski definition) is 3. The topological polar surface area (TPSA) is 72.5 Å². The molecule has 4 nitrogen and oxygen atoms in total. The van der Waals surface area contributed by atoms with Gasteiger partial charge in [0.1, 0.15) is 0 Å². The van der Waals surface area contributed by atoms with E-state index in [2.05, 4.69) is 4.84 Å². The number of rotatable bonds is 4. The summed E-state index contributed by atoms with van der Waals surface area (Å²) < 4.78 is 0. The Morgan fingerprint density at radius 2 is 2.07 bits per heavy atom. The molecule has 0 radical (unpaired) electrons. The molecule has 0 aliphatic heterocycles. The molecule has 0 aliphatic rings. The Bertz CT molecular complexity index is 308. The molecule has 0 amide bonds. The predicted octanol–water partition coefficient (Wildman–Crippen LogP) is 1.27. The minimum absolute atomic E-state index is 0.335. The molecule has 1 aromatic carbocycles. The highest BCUT2D eigenvalue weighted by Crippen LogP contribution is 2.16. The molecule has 4 heteroatoms. The third-order valence-electron chi connectivity index (χ3n) is 2.10. The first-order valence-corrected chi connectivity index (χ1v) is 4.28. The monoisotopic (exact) mass is 195 g/mol. The van der Waals surface area contributed by atoms with Crippen LogP contribution in [0.25, 0.3) is 0 Å². The molecule has 1 unspecified atom stereocenters. The van der Waals surface area contributed by atoms with Crippen LogP contribution in [0.4, 0.5) is 0 Å². The first-order chi connectivity index (χ1) is 6.65. The lowest BCUT2D eigenvalue weighted by molar-refractivity contribution is -0.138. The molecule has 1 rings (SSSR count). The summed E-state index contributed by atoms with van der Waals surface area (Å²) in [4.78, 5) is 15.1. The number of nitrogens with two attached hydrogens (primary N) is 1. The lowest BCUT2D eigenvalue weighted by atomic mass is 10.0. The van der Waals surface area contributed by atoms with E-state index >= 15 is 0 Å². The average Bonchev–Trinajstić information content (AvgIpc) is 2.18. The van der Waals surface area contributed by atoms with E-state index in [0.717, 1.165) is 11.1 Å². The molecule has 0 fully saturated rings. The third kappa shape index (κ3) is 2.55. The van der Waals surface area contributed by atoms with Crippen LogP contribution >= 0.6 is 0 Å². The molecule has 76 valence electrons. The van der Waals surface area contributed by atoms with Crippen LogP contribution in [0.1, 0.15) is 24.0 Å². The molecule has 1 atom stereocenters. The SMILES string of the molecule is CC(C(=O)O)c1ccc(CON)cc1. The lowest BCUT2D eigenvalue weighted by Gasteiger charge is -2.07. The number of carbonyl (C=O) groups is 1. The summed E-state index contributed by atoms with van der Waals surface area (Å²) >= 11 is 0. The first-order valence-electron chi connectivity index (χ1n) is 4.28. The number of benzene rings is 1. The number of aliphatic carboxylic acids is 1. The van der Waals surface area contributed by atoms with Crippen molar-refractivity contribution in [2.45, 2.75) is 19.4 Å². The van der Waals surface area contributed by atoms with Crippen molar-refractivity contribution in [3.63, 3.8) is 0 Å². The van der Waals surface area contributed by atoms with Crippen molar-refractivity contribution in [2.75, 3.05) is 0 Å². The van der Waals surface area contributed by atoms with Crippen LogP contribution < -0.4 is 5.90 Å². The van der Waals surface area contributed by atoms with Gasteiger partial charge in [-0.3, -0.25) is 9.63 Å². The Balaban J connectivity index is 2.77. The van der Waals surface area contributed by atoms with Crippen molar-refractivity contribution in [1.29, 1.82) is 0 Å². The van der Waals surface area contributed by atoms with Gasteiger partial charge in [0.2, 0.25) is 0 Å². The summed E-state index contributed by atoms with van der Waals surface area (Å²) in [6.45, 7) is 1.98. The van der Waals surface area contributed by atoms with E-state index in [0.29, 0.717) is 6.61 Å². The van der Waals surface area contributed by atoms with E-state index < -0.39 is 11.9 Å². The molecule has 0 spiro atoms. The Morgan fingerprint density at radius 3 is 2.50 bits per heavy atom. The van der Waals surface area contributed by atoms with Gasteiger partial charge in [0.05, 0.1) is 12.5 Å². The van der Waals surface area contributed by atoms with E-state index in [4.69, 9.17) is 11.0 Å². The fraction of sp³-hybridized carbons (Fsp3) is 0.300. The molecule has 14 heavy (non-hydrogen) atoms. The lowest BCUT2D eigenvalue weighted by Crippen LogP contribution is -2.07. The maximum atomic E-state index is 10.7. The van der Waals surface area contributed by atoms with Crippen molar-refractivity contribution in [1.82, 2.24) is 0 Å². The zero-order valence-corrected chi connectivity index (χ0v) is 7.93. The second-order valence-electron chi connectivity index (χ2n) is 3.11. The second kappa shape index (κ2) is 4.74. The molecule has 3 N–H and O–H groups in total. The van der Waals surface area contributed by atoms with Gasteiger partial charge >= 0.3 is 5.97 Å². The van der Waals surface area contributed by atoms with Crippen LogP contribution in [0.3, 0.4) is 0 Å². The Labute approximate surface area is 82.3 Å². The summed E-state index contributed by atoms with van der Waals surface area (Å²) in [6.07, 6.45) is 0. The Hall–Kier alpha value is -1.39. The minimum atomic E-state index is -0.826.